The summed E-state index contributed by atoms with van der Waals surface area (Å²) < 4.78 is 10.2. The standard InChI is InChI=1S/C19H17ClN2O4/c1-12-3-6-17(25-2)14(7-12)8-19(24)26-11-18(23)22-15-5-4-13(10-21)16(20)9-15/h3-7,9H,8,11H2,1-2H3,(H,22,23). The Morgan fingerprint density at radius 3 is 2.65 bits per heavy atom. The van der Waals surface area contributed by atoms with Gasteiger partial charge in [0.25, 0.3) is 5.91 Å². The summed E-state index contributed by atoms with van der Waals surface area (Å²) in [7, 11) is 1.52. The van der Waals surface area contributed by atoms with E-state index in [-0.39, 0.29) is 11.4 Å². The molecular formula is C19H17ClN2O4. The van der Waals surface area contributed by atoms with Crippen LogP contribution in [0.3, 0.4) is 0 Å². The number of hydrogen-bond acceptors (Lipinski definition) is 5. The van der Waals surface area contributed by atoms with Gasteiger partial charge in [0.2, 0.25) is 0 Å². The Balaban J connectivity index is 1.89. The van der Waals surface area contributed by atoms with Gasteiger partial charge in [-0.05, 0) is 31.2 Å². The van der Waals surface area contributed by atoms with Crippen molar-refractivity contribution in [3.05, 3.63) is 58.1 Å². The third-order valence-corrected chi connectivity index (χ3v) is 3.82. The second-order valence-corrected chi connectivity index (χ2v) is 5.91. The molecule has 6 nitrogen and oxygen atoms in total. The molecule has 134 valence electrons. The molecule has 0 saturated heterocycles. The Bertz CT molecular complexity index is 874. The van der Waals surface area contributed by atoms with Crippen LogP contribution in [0, 0.1) is 18.3 Å². The first-order valence-corrected chi connectivity index (χ1v) is 8.09. The zero-order chi connectivity index (χ0) is 19.1. The molecular weight excluding hydrogens is 356 g/mol. The minimum absolute atomic E-state index is 0.000821. The fourth-order valence-electron chi connectivity index (χ4n) is 2.28. The molecule has 1 amide bonds. The molecule has 0 aromatic heterocycles. The summed E-state index contributed by atoms with van der Waals surface area (Å²) in [6.07, 6.45) is 0.000821. The fourth-order valence-corrected chi connectivity index (χ4v) is 2.50. The minimum Gasteiger partial charge on any atom is -0.496 e. The highest BCUT2D eigenvalue weighted by molar-refractivity contribution is 6.32. The molecule has 0 saturated carbocycles. The molecule has 2 aromatic rings. The van der Waals surface area contributed by atoms with Crippen LogP contribution in [0.4, 0.5) is 5.69 Å². The van der Waals surface area contributed by atoms with Crippen LogP contribution in [0.15, 0.2) is 36.4 Å². The predicted octanol–water partition coefficient (Wildman–Crippen LogP) is 3.25. The van der Waals surface area contributed by atoms with Crippen LogP contribution in [0.2, 0.25) is 5.02 Å². The Hall–Kier alpha value is -3.04. The number of hydrogen-bond donors (Lipinski definition) is 1. The first-order chi connectivity index (χ1) is 12.4. The van der Waals surface area contributed by atoms with Crippen molar-refractivity contribution in [2.45, 2.75) is 13.3 Å². The van der Waals surface area contributed by atoms with E-state index in [9.17, 15) is 9.59 Å². The van der Waals surface area contributed by atoms with Crippen molar-refractivity contribution in [1.29, 1.82) is 5.26 Å². The van der Waals surface area contributed by atoms with Crippen LogP contribution in [-0.4, -0.2) is 25.6 Å². The molecule has 0 unspecified atom stereocenters. The number of anilines is 1. The van der Waals surface area contributed by atoms with E-state index >= 15 is 0 Å². The van der Waals surface area contributed by atoms with E-state index in [1.165, 1.54) is 19.2 Å². The summed E-state index contributed by atoms with van der Waals surface area (Å²) in [6.45, 7) is 1.48. The van der Waals surface area contributed by atoms with Crippen molar-refractivity contribution in [3.63, 3.8) is 0 Å². The third kappa shape index (κ3) is 5.23. The predicted molar refractivity (Wildman–Crippen MR) is 97.2 cm³/mol. The van der Waals surface area contributed by atoms with Crippen LogP contribution in [-0.2, 0) is 20.7 Å². The number of ether oxygens (including phenoxy) is 2. The van der Waals surface area contributed by atoms with E-state index in [4.69, 9.17) is 26.3 Å². The normalized spacial score (nSPS) is 9.92. The first kappa shape index (κ1) is 19.3. The Morgan fingerprint density at radius 2 is 2.00 bits per heavy atom. The minimum atomic E-state index is -0.540. The summed E-state index contributed by atoms with van der Waals surface area (Å²) in [5.74, 6) is -0.457. The first-order valence-electron chi connectivity index (χ1n) is 7.71. The number of esters is 1. The SMILES string of the molecule is COc1ccc(C)cc1CC(=O)OCC(=O)Nc1ccc(C#N)c(Cl)c1. The molecule has 2 rings (SSSR count). The number of nitrogens with zero attached hydrogens (tertiary/aromatic N) is 1. The summed E-state index contributed by atoms with van der Waals surface area (Å²) in [5.41, 5.74) is 2.40. The molecule has 0 spiro atoms. The number of nitriles is 1. The Labute approximate surface area is 156 Å². The zero-order valence-electron chi connectivity index (χ0n) is 14.3. The van der Waals surface area contributed by atoms with E-state index < -0.39 is 18.5 Å². The summed E-state index contributed by atoms with van der Waals surface area (Å²) in [4.78, 5) is 23.9. The number of nitrogens with one attached hydrogen (secondary N) is 1. The quantitative estimate of drug-likeness (QED) is 0.786. The van der Waals surface area contributed by atoms with Crippen LogP contribution in [0.1, 0.15) is 16.7 Å². The number of rotatable bonds is 6. The number of amides is 1. The average molecular weight is 373 g/mol. The second kappa shape index (κ2) is 8.88. The lowest BCUT2D eigenvalue weighted by atomic mass is 10.1. The van der Waals surface area contributed by atoms with Gasteiger partial charge < -0.3 is 14.8 Å². The molecule has 0 radical (unpaired) electrons. The lowest BCUT2D eigenvalue weighted by Crippen LogP contribution is -2.21. The van der Waals surface area contributed by atoms with E-state index in [0.717, 1.165) is 5.56 Å². The number of methoxy groups -OCH3 is 1. The van der Waals surface area contributed by atoms with Crippen molar-refractivity contribution in [2.75, 3.05) is 19.0 Å². The van der Waals surface area contributed by atoms with Crippen molar-refractivity contribution in [3.8, 4) is 11.8 Å². The van der Waals surface area contributed by atoms with Crippen molar-refractivity contribution in [1.82, 2.24) is 0 Å². The van der Waals surface area contributed by atoms with Gasteiger partial charge in [-0.15, -0.1) is 0 Å². The van der Waals surface area contributed by atoms with Gasteiger partial charge in [-0.2, -0.15) is 5.26 Å². The van der Waals surface area contributed by atoms with Gasteiger partial charge in [0, 0.05) is 11.3 Å². The van der Waals surface area contributed by atoms with E-state index in [2.05, 4.69) is 5.32 Å². The topological polar surface area (TPSA) is 88.4 Å². The number of carbonyl (C=O) groups is 2. The monoisotopic (exact) mass is 372 g/mol. The molecule has 1 N–H and O–H groups in total. The molecule has 0 bridgehead atoms. The van der Waals surface area contributed by atoms with Crippen LogP contribution in [0.5, 0.6) is 5.75 Å². The smallest absolute Gasteiger partial charge is 0.310 e. The molecule has 2 aromatic carbocycles. The van der Waals surface area contributed by atoms with Crippen molar-refractivity contribution >= 4 is 29.2 Å². The van der Waals surface area contributed by atoms with E-state index in [1.54, 1.807) is 12.1 Å². The van der Waals surface area contributed by atoms with Crippen LogP contribution < -0.4 is 10.1 Å². The highest BCUT2D eigenvalue weighted by Gasteiger charge is 2.13. The second-order valence-electron chi connectivity index (χ2n) is 5.51. The number of halogens is 1. The zero-order valence-corrected chi connectivity index (χ0v) is 15.1. The summed E-state index contributed by atoms with van der Waals surface area (Å²) in [5, 5.41) is 11.6. The highest BCUT2D eigenvalue weighted by atomic mass is 35.5. The van der Waals surface area contributed by atoms with Gasteiger partial charge >= 0.3 is 5.97 Å². The van der Waals surface area contributed by atoms with Gasteiger partial charge in [0.1, 0.15) is 11.8 Å². The van der Waals surface area contributed by atoms with Crippen LogP contribution in [0.25, 0.3) is 0 Å². The number of carbonyl (C=O) groups excluding carboxylic acids is 2. The Morgan fingerprint density at radius 1 is 1.23 bits per heavy atom. The Kier molecular flexibility index (Phi) is 6.59. The summed E-state index contributed by atoms with van der Waals surface area (Å²) in [6, 6.07) is 11.9. The highest BCUT2D eigenvalue weighted by Crippen LogP contribution is 2.21. The lowest BCUT2D eigenvalue weighted by Gasteiger charge is -2.10. The fraction of sp³-hybridized carbons (Fsp3) is 0.211. The third-order valence-electron chi connectivity index (χ3n) is 3.51. The molecule has 26 heavy (non-hydrogen) atoms. The molecule has 0 fully saturated rings. The number of benzene rings is 2. The van der Waals surface area contributed by atoms with Crippen molar-refractivity contribution < 1.29 is 19.1 Å². The maximum Gasteiger partial charge on any atom is 0.310 e. The maximum atomic E-state index is 12.0. The average Bonchev–Trinajstić information content (AvgIpc) is 2.60. The van der Waals surface area contributed by atoms with Gasteiger partial charge in [-0.25, -0.2) is 0 Å². The maximum absolute atomic E-state index is 12.0. The lowest BCUT2D eigenvalue weighted by molar-refractivity contribution is -0.146. The molecule has 0 atom stereocenters. The van der Waals surface area contributed by atoms with E-state index in [0.29, 0.717) is 22.6 Å². The molecule has 0 aliphatic rings. The van der Waals surface area contributed by atoms with Gasteiger partial charge in [-0.1, -0.05) is 29.3 Å². The van der Waals surface area contributed by atoms with Gasteiger partial charge in [-0.3, -0.25) is 9.59 Å². The van der Waals surface area contributed by atoms with Gasteiger partial charge in [0.15, 0.2) is 6.61 Å². The van der Waals surface area contributed by atoms with Crippen LogP contribution >= 0.6 is 11.6 Å². The van der Waals surface area contributed by atoms with E-state index in [1.807, 2.05) is 25.1 Å². The number of aryl methyl sites for hydroxylation is 1. The largest absolute Gasteiger partial charge is 0.496 e. The molecule has 7 heteroatoms. The molecule has 0 aliphatic carbocycles. The van der Waals surface area contributed by atoms with Crippen molar-refractivity contribution in [2.24, 2.45) is 0 Å². The molecule has 0 aliphatic heterocycles. The summed E-state index contributed by atoms with van der Waals surface area (Å²) >= 11 is 5.90. The van der Waals surface area contributed by atoms with Gasteiger partial charge in [0.05, 0.1) is 24.1 Å². The molecule has 0 heterocycles.